The second-order valence-corrected chi connectivity index (χ2v) is 7.57. The molecule has 2 N–H and O–H groups in total. The third-order valence-corrected chi connectivity index (χ3v) is 3.76. The highest BCUT2D eigenvalue weighted by atomic mass is 16.6. The summed E-state index contributed by atoms with van der Waals surface area (Å²) in [6.45, 7) is 7.00. The number of carbonyl (C=O) groups is 2. The Labute approximate surface area is 176 Å². The predicted molar refractivity (Wildman–Crippen MR) is 113 cm³/mol. The fraction of sp³-hybridized carbons (Fsp3) is 0.455. The summed E-state index contributed by atoms with van der Waals surface area (Å²) in [4.78, 5) is 22.9. The molecule has 0 unspecified atom stereocenters. The van der Waals surface area contributed by atoms with Crippen molar-refractivity contribution in [3.63, 3.8) is 0 Å². The zero-order chi connectivity index (χ0) is 21.8. The van der Waals surface area contributed by atoms with Gasteiger partial charge in [-0.15, -0.1) is 0 Å². The Hall–Kier alpha value is -2.68. The maximum atomic E-state index is 11.5. The van der Waals surface area contributed by atoms with Crippen molar-refractivity contribution >= 4 is 22.8 Å². The lowest BCUT2D eigenvalue weighted by Crippen LogP contribution is -2.45. The van der Waals surface area contributed by atoms with Gasteiger partial charge in [-0.2, -0.15) is 0 Å². The van der Waals surface area contributed by atoms with E-state index < -0.39 is 17.6 Å². The molecule has 30 heavy (non-hydrogen) atoms. The minimum absolute atomic E-state index is 0.197. The number of hydrogen-bond donors (Lipinski definition) is 2. The third kappa shape index (κ3) is 9.69. The first kappa shape index (κ1) is 23.6. The van der Waals surface area contributed by atoms with Crippen LogP contribution in [-0.2, 0) is 30.3 Å². The molecule has 0 saturated carbocycles. The van der Waals surface area contributed by atoms with E-state index in [0.29, 0.717) is 26.4 Å². The van der Waals surface area contributed by atoms with Gasteiger partial charge in [0.25, 0.3) is 5.91 Å². The van der Waals surface area contributed by atoms with Crippen LogP contribution in [0.3, 0.4) is 0 Å². The lowest BCUT2D eigenvalue weighted by molar-refractivity contribution is -0.127. The van der Waals surface area contributed by atoms with E-state index in [1.807, 2.05) is 12.1 Å². The van der Waals surface area contributed by atoms with Gasteiger partial charge in [0.15, 0.2) is 0 Å². The number of nitrogens with one attached hydrogen (secondary N) is 2. The predicted octanol–water partition coefficient (Wildman–Crippen LogP) is 2.95. The topological polar surface area (TPSA) is 95.1 Å². The monoisotopic (exact) mass is 418 g/mol. The molecule has 2 aromatic carbocycles. The molecule has 8 heteroatoms. The van der Waals surface area contributed by atoms with Crippen molar-refractivity contribution in [3.05, 3.63) is 48.0 Å². The number of fused-ring (bicyclic) bond motifs is 1. The number of hydrogen-bond acceptors (Lipinski definition) is 6. The van der Waals surface area contributed by atoms with E-state index in [1.165, 1.54) is 10.8 Å². The number of hydrazine groups is 1. The minimum atomic E-state index is -0.733. The molecule has 2 aromatic rings. The smallest absolute Gasteiger partial charge is 0.426 e. The maximum absolute atomic E-state index is 11.5. The van der Waals surface area contributed by atoms with Crippen molar-refractivity contribution in [3.8, 4) is 0 Å². The molecule has 0 aromatic heterocycles. The molecular formula is C22H30N2O6. The number of rotatable bonds is 10. The molecular weight excluding hydrogens is 388 g/mol. The molecule has 2 amide bonds. The quantitative estimate of drug-likeness (QED) is 0.455. The molecule has 0 aliphatic heterocycles. The van der Waals surface area contributed by atoms with Crippen LogP contribution in [0.1, 0.15) is 26.3 Å². The van der Waals surface area contributed by atoms with Crippen molar-refractivity contribution < 1.29 is 28.5 Å². The molecule has 0 aliphatic rings. The summed E-state index contributed by atoms with van der Waals surface area (Å²) in [7, 11) is 0. The Kier molecular flexibility index (Phi) is 9.53. The van der Waals surface area contributed by atoms with Crippen LogP contribution < -0.4 is 10.9 Å². The molecule has 0 atom stereocenters. The average Bonchev–Trinajstić information content (AvgIpc) is 2.69. The van der Waals surface area contributed by atoms with E-state index in [4.69, 9.17) is 18.9 Å². The van der Waals surface area contributed by atoms with E-state index in [9.17, 15) is 9.59 Å². The number of benzene rings is 2. The summed E-state index contributed by atoms with van der Waals surface area (Å²) < 4.78 is 21.2. The molecule has 0 heterocycles. The van der Waals surface area contributed by atoms with Gasteiger partial charge < -0.3 is 18.9 Å². The van der Waals surface area contributed by atoms with Crippen LogP contribution in [0.5, 0.6) is 0 Å². The van der Waals surface area contributed by atoms with Gasteiger partial charge in [-0.25, -0.2) is 10.2 Å². The first-order chi connectivity index (χ1) is 14.3. The fourth-order valence-electron chi connectivity index (χ4n) is 2.48. The fourth-order valence-corrected chi connectivity index (χ4v) is 2.48. The minimum Gasteiger partial charge on any atom is -0.443 e. The lowest BCUT2D eigenvalue weighted by Gasteiger charge is -2.19. The van der Waals surface area contributed by atoms with Crippen LogP contribution in [0.25, 0.3) is 10.8 Å². The Morgan fingerprint density at radius 1 is 0.833 bits per heavy atom. The standard InChI is InChI=1S/C22H30N2O6/c1-22(2,3)30-21(26)24-23-20(25)16-29-13-11-27-10-12-28-15-17-8-9-18-6-4-5-7-19(18)14-17/h4-9,14H,10-13,15-16H2,1-3H3,(H,23,25)(H,24,26). The average molecular weight is 418 g/mol. The van der Waals surface area contributed by atoms with Gasteiger partial charge in [-0.1, -0.05) is 36.4 Å². The molecule has 8 nitrogen and oxygen atoms in total. The van der Waals surface area contributed by atoms with Crippen molar-refractivity contribution in [1.82, 2.24) is 10.9 Å². The number of ether oxygens (including phenoxy) is 4. The van der Waals surface area contributed by atoms with Crippen molar-refractivity contribution in [2.75, 3.05) is 33.0 Å². The normalized spacial score (nSPS) is 11.3. The van der Waals surface area contributed by atoms with Gasteiger partial charge in [0.05, 0.1) is 33.0 Å². The molecule has 0 saturated heterocycles. The summed E-state index contributed by atoms with van der Waals surface area (Å²) in [5, 5.41) is 2.40. The van der Waals surface area contributed by atoms with Gasteiger partial charge >= 0.3 is 6.09 Å². The third-order valence-electron chi connectivity index (χ3n) is 3.76. The van der Waals surface area contributed by atoms with Crippen molar-refractivity contribution in [1.29, 1.82) is 0 Å². The van der Waals surface area contributed by atoms with Crippen LogP contribution in [0.15, 0.2) is 42.5 Å². The van der Waals surface area contributed by atoms with Crippen LogP contribution >= 0.6 is 0 Å². The van der Waals surface area contributed by atoms with Gasteiger partial charge in [0, 0.05) is 0 Å². The van der Waals surface area contributed by atoms with E-state index in [2.05, 4.69) is 41.2 Å². The summed E-state index contributed by atoms with van der Waals surface area (Å²) in [5.41, 5.74) is 4.83. The zero-order valence-electron chi connectivity index (χ0n) is 17.7. The van der Waals surface area contributed by atoms with E-state index in [0.717, 1.165) is 5.56 Å². The Bertz CT molecular complexity index is 819. The van der Waals surface area contributed by atoms with Gasteiger partial charge in [-0.3, -0.25) is 10.2 Å². The molecule has 0 fully saturated rings. The van der Waals surface area contributed by atoms with E-state index >= 15 is 0 Å². The maximum Gasteiger partial charge on any atom is 0.426 e. The number of carbonyl (C=O) groups excluding carboxylic acids is 2. The second kappa shape index (κ2) is 12.1. The van der Waals surface area contributed by atoms with E-state index in [-0.39, 0.29) is 13.2 Å². The molecule has 2 rings (SSSR count). The summed E-state index contributed by atoms with van der Waals surface area (Å²) in [6.07, 6.45) is -0.733. The Morgan fingerprint density at radius 2 is 1.50 bits per heavy atom. The van der Waals surface area contributed by atoms with Crippen LogP contribution in [-0.4, -0.2) is 50.6 Å². The van der Waals surface area contributed by atoms with Crippen LogP contribution in [0, 0.1) is 0 Å². The molecule has 164 valence electrons. The lowest BCUT2D eigenvalue weighted by atomic mass is 10.1. The summed E-state index contributed by atoms with van der Waals surface area (Å²) in [6, 6.07) is 14.5. The van der Waals surface area contributed by atoms with Gasteiger partial charge in [0.2, 0.25) is 0 Å². The molecule has 0 spiro atoms. The molecule has 0 bridgehead atoms. The number of amides is 2. The highest BCUT2D eigenvalue weighted by Gasteiger charge is 2.16. The molecule has 0 aliphatic carbocycles. The highest BCUT2D eigenvalue weighted by Crippen LogP contribution is 2.16. The van der Waals surface area contributed by atoms with Gasteiger partial charge in [0.1, 0.15) is 12.2 Å². The highest BCUT2D eigenvalue weighted by molar-refractivity contribution is 5.83. The molecule has 0 radical (unpaired) electrons. The SMILES string of the molecule is CC(C)(C)OC(=O)NNC(=O)COCCOCCOCc1ccc2ccccc2c1. The van der Waals surface area contributed by atoms with Gasteiger partial charge in [-0.05, 0) is 43.2 Å². The van der Waals surface area contributed by atoms with Crippen molar-refractivity contribution in [2.45, 2.75) is 33.0 Å². The zero-order valence-corrected chi connectivity index (χ0v) is 17.7. The Balaban J connectivity index is 1.45. The van der Waals surface area contributed by atoms with Crippen molar-refractivity contribution in [2.24, 2.45) is 0 Å². The van der Waals surface area contributed by atoms with Crippen LogP contribution in [0.2, 0.25) is 0 Å². The second-order valence-electron chi connectivity index (χ2n) is 7.57. The Morgan fingerprint density at radius 3 is 2.23 bits per heavy atom. The van der Waals surface area contributed by atoms with E-state index in [1.54, 1.807) is 20.8 Å². The largest absolute Gasteiger partial charge is 0.443 e. The summed E-state index contributed by atoms with van der Waals surface area (Å²) in [5.74, 6) is -0.487. The summed E-state index contributed by atoms with van der Waals surface area (Å²) >= 11 is 0. The first-order valence-electron chi connectivity index (χ1n) is 9.82. The van der Waals surface area contributed by atoms with Crippen LogP contribution in [0.4, 0.5) is 4.79 Å². The first-order valence-corrected chi connectivity index (χ1v) is 9.82.